The molecule has 0 N–H and O–H groups in total. The van der Waals surface area contributed by atoms with Crippen LogP contribution >= 0.6 is 0 Å². The Balaban J connectivity index is 2.52. The van der Waals surface area contributed by atoms with Gasteiger partial charge < -0.3 is 0 Å². The average molecular weight is 186 g/mol. The molecule has 0 nitrogen and oxygen atoms in total. The molecule has 0 bridgehead atoms. The van der Waals surface area contributed by atoms with Crippen molar-refractivity contribution in [3.63, 3.8) is 0 Å². The Kier molecular flexibility index (Phi) is 2.72. The molecule has 1 aromatic carbocycles. The Labute approximate surface area is 86.0 Å². The van der Waals surface area contributed by atoms with Gasteiger partial charge in [0.15, 0.2) is 0 Å². The van der Waals surface area contributed by atoms with E-state index in [1.54, 1.807) is 0 Å². The first kappa shape index (κ1) is 9.51. The Morgan fingerprint density at radius 2 is 1.93 bits per heavy atom. The standard InChI is InChI=1S/C14H18/c1-11(2)10-13-8-5-7-12-6-3-4-9-14(12)13/h5-9,11H,3-4,10H2,1-2H3. The first-order chi connectivity index (χ1) is 6.77. The lowest BCUT2D eigenvalue weighted by molar-refractivity contribution is 0.644. The van der Waals surface area contributed by atoms with Gasteiger partial charge in [-0.15, -0.1) is 0 Å². The van der Waals surface area contributed by atoms with Crippen molar-refractivity contribution in [2.75, 3.05) is 0 Å². The van der Waals surface area contributed by atoms with E-state index in [9.17, 15) is 0 Å². The van der Waals surface area contributed by atoms with Gasteiger partial charge in [0.05, 0.1) is 0 Å². The van der Waals surface area contributed by atoms with E-state index in [0.29, 0.717) is 0 Å². The van der Waals surface area contributed by atoms with E-state index in [1.807, 2.05) is 0 Å². The van der Waals surface area contributed by atoms with Crippen molar-refractivity contribution in [2.24, 2.45) is 5.92 Å². The van der Waals surface area contributed by atoms with Crippen molar-refractivity contribution in [2.45, 2.75) is 33.1 Å². The lowest BCUT2D eigenvalue weighted by atomic mass is 9.97. The largest absolute Gasteiger partial charge is 0.0764 e. The molecule has 1 aliphatic carbocycles. The van der Waals surface area contributed by atoms with Crippen LogP contribution < -0.4 is 10.4 Å². The first-order valence-electron chi connectivity index (χ1n) is 5.55. The summed E-state index contributed by atoms with van der Waals surface area (Å²) in [6.45, 7) is 4.57. The highest BCUT2D eigenvalue weighted by atomic mass is 14.1. The van der Waals surface area contributed by atoms with Crippen LogP contribution in [0.3, 0.4) is 0 Å². The molecule has 1 aromatic rings. The maximum atomic E-state index is 2.40. The number of rotatable bonds is 2. The molecule has 0 spiro atoms. The van der Waals surface area contributed by atoms with Crippen molar-refractivity contribution < 1.29 is 0 Å². The molecule has 0 radical (unpaired) electrons. The molecule has 14 heavy (non-hydrogen) atoms. The summed E-state index contributed by atoms with van der Waals surface area (Å²) in [5, 5.41) is 2.93. The third-order valence-electron chi connectivity index (χ3n) is 2.74. The number of hydrogen-bond acceptors (Lipinski definition) is 0. The van der Waals surface area contributed by atoms with Crippen molar-refractivity contribution in [1.82, 2.24) is 0 Å². The Morgan fingerprint density at radius 3 is 2.71 bits per heavy atom. The van der Waals surface area contributed by atoms with Gasteiger partial charge in [0.1, 0.15) is 0 Å². The van der Waals surface area contributed by atoms with Crippen LogP contribution in [-0.2, 0) is 6.42 Å². The Hall–Kier alpha value is -1.04. The van der Waals surface area contributed by atoms with Gasteiger partial charge in [-0.25, -0.2) is 0 Å². The minimum atomic E-state index is 0.747. The first-order valence-corrected chi connectivity index (χ1v) is 5.55. The van der Waals surface area contributed by atoms with Crippen LogP contribution in [0.2, 0.25) is 0 Å². The van der Waals surface area contributed by atoms with Crippen LogP contribution in [0.25, 0.3) is 12.2 Å². The maximum absolute atomic E-state index is 2.40. The van der Waals surface area contributed by atoms with Crippen molar-refractivity contribution in [1.29, 1.82) is 0 Å². The summed E-state index contributed by atoms with van der Waals surface area (Å²) in [6, 6.07) is 6.69. The fourth-order valence-electron chi connectivity index (χ4n) is 2.14. The van der Waals surface area contributed by atoms with Crippen LogP contribution in [0.4, 0.5) is 0 Å². The molecule has 0 aromatic heterocycles. The monoisotopic (exact) mass is 186 g/mol. The minimum absolute atomic E-state index is 0.747. The van der Waals surface area contributed by atoms with Crippen molar-refractivity contribution in [3.8, 4) is 0 Å². The Morgan fingerprint density at radius 1 is 1.14 bits per heavy atom. The minimum Gasteiger partial charge on any atom is -0.0764 e. The van der Waals surface area contributed by atoms with Crippen molar-refractivity contribution in [3.05, 3.63) is 34.2 Å². The van der Waals surface area contributed by atoms with Gasteiger partial charge in [-0.1, -0.05) is 44.2 Å². The molecule has 0 atom stereocenters. The quantitative estimate of drug-likeness (QED) is 0.664. The van der Waals surface area contributed by atoms with Crippen LogP contribution in [0.5, 0.6) is 0 Å². The molecule has 0 saturated carbocycles. The summed E-state index contributed by atoms with van der Waals surface area (Å²) in [6.07, 6.45) is 8.37. The average Bonchev–Trinajstić information content (AvgIpc) is 2.18. The molecule has 0 fully saturated rings. The molecule has 0 unspecified atom stereocenters. The zero-order chi connectivity index (χ0) is 9.97. The third kappa shape index (κ3) is 1.89. The highest BCUT2D eigenvalue weighted by molar-refractivity contribution is 5.41. The van der Waals surface area contributed by atoms with Gasteiger partial charge >= 0.3 is 0 Å². The van der Waals surface area contributed by atoms with Gasteiger partial charge in [-0.3, -0.25) is 0 Å². The van der Waals surface area contributed by atoms with E-state index in [2.05, 4.69) is 44.2 Å². The zero-order valence-corrected chi connectivity index (χ0v) is 9.09. The number of hydrogen-bond donors (Lipinski definition) is 0. The summed E-state index contributed by atoms with van der Waals surface area (Å²) in [5.41, 5.74) is 1.52. The second-order valence-corrected chi connectivity index (χ2v) is 4.50. The summed E-state index contributed by atoms with van der Waals surface area (Å²) in [7, 11) is 0. The normalized spacial score (nSPS) is 14.5. The SMILES string of the molecule is CC(C)Cc1cccc2c1=CCCC=2. The van der Waals surface area contributed by atoms with Gasteiger partial charge in [-0.05, 0) is 41.2 Å². The predicted molar refractivity (Wildman–Crippen MR) is 62.4 cm³/mol. The summed E-state index contributed by atoms with van der Waals surface area (Å²) >= 11 is 0. The van der Waals surface area contributed by atoms with E-state index in [-0.39, 0.29) is 0 Å². The molecule has 1 aliphatic rings. The van der Waals surface area contributed by atoms with E-state index in [0.717, 1.165) is 5.92 Å². The lowest BCUT2D eigenvalue weighted by Gasteiger charge is -2.08. The lowest BCUT2D eigenvalue weighted by Crippen LogP contribution is -2.30. The molecular weight excluding hydrogens is 168 g/mol. The van der Waals surface area contributed by atoms with Crippen LogP contribution in [0, 0.1) is 5.92 Å². The second-order valence-electron chi connectivity index (χ2n) is 4.50. The molecule has 0 aliphatic heterocycles. The zero-order valence-electron chi connectivity index (χ0n) is 9.09. The van der Waals surface area contributed by atoms with E-state index in [4.69, 9.17) is 0 Å². The fraction of sp³-hybridized carbons (Fsp3) is 0.429. The highest BCUT2D eigenvalue weighted by Crippen LogP contribution is 2.04. The van der Waals surface area contributed by atoms with E-state index >= 15 is 0 Å². The Bertz CT molecular complexity index is 424. The maximum Gasteiger partial charge on any atom is -0.0195 e. The molecule has 0 amide bonds. The number of fused-ring (bicyclic) bond motifs is 1. The molecular formula is C14H18. The fourth-order valence-corrected chi connectivity index (χ4v) is 2.14. The molecule has 0 saturated heterocycles. The van der Waals surface area contributed by atoms with Gasteiger partial charge in [0.2, 0.25) is 0 Å². The van der Waals surface area contributed by atoms with Crippen LogP contribution in [0.15, 0.2) is 18.2 Å². The predicted octanol–water partition coefficient (Wildman–Crippen LogP) is 2.24. The van der Waals surface area contributed by atoms with E-state index < -0.39 is 0 Å². The smallest absolute Gasteiger partial charge is 0.0195 e. The van der Waals surface area contributed by atoms with Gasteiger partial charge in [0.25, 0.3) is 0 Å². The molecule has 0 heterocycles. The van der Waals surface area contributed by atoms with E-state index in [1.165, 1.54) is 35.3 Å². The third-order valence-corrected chi connectivity index (χ3v) is 2.74. The summed E-state index contributed by atoms with van der Waals surface area (Å²) < 4.78 is 0. The van der Waals surface area contributed by atoms with Crippen molar-refractivity contribution >= 4 is 12.2 Å². The summed E-state index contributed by atoms with van der Waals surface area (Å²) in [4.78, 5) is 0. The molecule has 0 heteroatoms. The van der Waals surface area contributed by atoms with Gasteiger partial charge in [0, 0.05) is 0 Å². The van der Waals surface area contributed by atoms with Crippen LogP contribution in [0.1, 0.15) is 32.3 Å². The summed E-state index contributed by atoms with van der Waals surface area (Å²) in [5.74, 6) is 0.747. The molecule has 74 valence electrons. The highest BCUT2D eigenvalue weighted by Gasteiger charge is 2.01. The van der Waals surface area contributed by atoms with Crippen LogP contribution in [-0.4, -0.2) is 0 Å². The number of benzene rings is 1. The topological polar surface area (TPSA) is 0 Å². The second kappa shape index (κ2) is 4.00. The molecule has 2 rings (SSSR count). The van der Waals surface area contributed by atoms with Gasteiger partial charge in [-0.2, -0.15) is 0 Å².